The molecule has 0 spiro atoms. The molecule has 0 radical (unpaired) electrons. The molecule has 0 saturated heterocycles. The van der Waals surface area contributed by atoms with Crippen molar-refractivity contribution >= 4 is 21.6 Å². The van der Waals surface area contributed by atoms with Crippen molar-refractivity contribution in [3.05, 3.63) is 29.8 Å². The number of amides is 1. The number of hydrogen-bond donors (Lipinski definition) is 1. The molecule has 0 fully saturated rings. The van der Waals surface area contributed by atoms with Crippen LogP contribution in [0, 0.1) is 0 Å². The van der Waals surface area contributed by atoms with Gasteiger partial charge in [0.05, 0.1) is 11.9 Å². The summed E-state index contributed by atoms with van der Waals surface area (Å²) in [6, 6.07) is 6.73. The average Bonchev–Trinajstić information content (AvgIpc) is 2.37. The monoisotopic (exact) mass is 300 g/mol. The Morgan fingerprint density at radius 1 is 1.40 bits per heavy atom. The van der Waals surface area contributed by atoms with E-state index in [1.807, 2.05) is 29.8 Å². The van der Waals surface area contributed by atoms with Crippen LogP contribution in [0.15, 0.2) is 24.3 Å². The quantitative estimate of drug-likeness (QED) is 0.843. The summed E-state index contributed by atoms with van der Waals surface area (Å²) in [5.74, 6) is -0.903. The van der Waals surface area contributed by atoms with Crippen LogP contribution in [0.4, 0.5) is 5.69 Å². The van der Waals surface area contributed by atoms with E-state index in [1.165, 1.54) is 7.11 Å². The Bertz CT molecular complexity index is 569. The van der Waals surface area contributed by atoms with Crippen molar-refractivity contribution in [2.45, 2.75) is 13.0 Å². The summed E-state index contributed by atoms with van der Waals surface area (Å²) in [4.78, 5) is 13.8. The van der Waals surface area contributed by atoms with Crippen molar-refractivity contribution in [2.24, 2.45) is 0 Å². The smallest absolute Gasteiger partial charge is 0.264 e. The number of ether oxygens (including phenoxy) is 1. The van der Waals surface area contributed by atoms with Crippen LogP contribution in [-0.2, 0) is 14.8 Å². The van der Waals surface area contributed by atoms with Gasteiger partial charge < -0.3 is 9.64 Å². The van der Waals surface area contributed by atoms with Gasteiger partial charge in [-0.2, -0.15) is 0 Å². The number of carbonyl (C=O) groups is 1. The van der Waals surface area contributed by atoms with Crippen molar-refractivity contribution in [2.75, 3.05) is 31.9 Å². The molecule has 20 heavy (non-hydrogen) atoms. The number of rotatable bonds is 6. The third kappa shape index (κ3) is 4.82. The Labute approximate surface area is 119 Å². The van der Waals surface area contributed by atoms with E-state index >= 15 is 0 Å². The average molecular weight is 300 g/mol. The van der Waals surface area contributed by atoms with Crippen LogP contribution in [0.5, 0.6) is 0 Å². The van der Waals surface area contributed by atoms with E-state index in [9.17, 15) is 13.2 Å². The second-order valence-corrected chi connectivity index (χ2v) is 6.47. The van der Waals surface area contributed by atoms with E-state index in [2.05, 4.69) is 0 Å². The number of methoxy groups -OCH3 is 1. The number of carbonyl (C=O) groups excluding carboxylic acids is 1. The first-order valence-electron chi connectivity index (χ1n) is 6.10. The van der Waals surface area contributed by atoms with Crippen LogP contribution < -0.4 is 9.62 Å². The molecular weight excluding hydrogens is 280 g/mol. The molecule has 1 aromatic carbocycles. The first kappa shape index (κ1) is 16.5. The molecule has 6 nitrogen and oxygen atoms in total. The van der Waals surface area contributed by atoms with Gasteiger partial charge in [0.15, 0.2) is 0 Å². The number of anilines is 1. The van der Waals surface area contributed by atoms with Gasteiger partial charge in [0.2, 0.25) is 10.0 Å². The first-order chi connectivity index (χ1) is 9.25. The van der Waals surface area contributed by atoms with Crippen molar-refractivity contribution in [3.8, 4) is 0 Å². The van der Waals surface area contributed by atoms with Crippen LogP contribution in [0.2, 0.25) is 0 Å². The van der Waals surface area contributed by atoms with Gasteiger partial charge in [0.25, 0.3) is 5.91 Å². The fourth-order valence-electron chi connectivity index (χ4n) is 1.54. The summed E-state index contributed by atoms with van der Waals surface area (Å²) in [6.07, 6.45) is -0.478. The molecule has 0 aliphatic rings. The minimum absolute atomic E-state index is 0.261. The molecule has 0 aliphatic carbocycles. The molecule has 0 saturated carbocycles. The minimum atomic E-state index is -3.71. The van der Waals surface area contributed by atoms with Gasteiger partial charge in [-0.15, -0.1) is 0 Å². The zero-order valence-corrected chi connectivity index (χ0v) is 12.9. The molecule has 1 amide bonds. The molecule has 1 N–H and O–H groups in total. The molecule has 0 aliphatic heterocycles. The van der Waals surface area contributed by atoms with Gasteiger partial charge in [0, 0.05) is 32.5 Å². The molecule has 112 valence electrons. The molecule has 0 heterocycles. The number of nitrogens with one attached hydrogen (secondary N) is 1. The highest BCUT2D eigenvalue weighted by molar-refractivity contribution is 7.90. The van der Waals surface area contributed by atoms with Crippen LogP contribution >= 0.6 is 0 Å². The van der Waals surface area contributed by atoms with E-state index < -0.39 is 22.0 Å². The molecule has 1 rings (SSSR count). The molecule has 1 aromatic rings. The SMILES string of the molecule is CO[C@@H](C)CS(=O)(=O)NC(=O)c1cccc(N(C)C)c1. The predicted octanol–water partition coefficient (Wildman–Crippen LogP) is 0.847. The molecule has 7 heteroatoms. The normalized spacial score (nSPS) is 12.8. The van der Waals surface area contributed by atoms with Crippen molar-refractivity contribution in [1.82, 2.24) is 4.72 Å². The lowest BCUT2D eigenvalue weighted by molar-refractivity contribution is 0.0980. The molecule has 0 bridgehead atoms. The van der Waals surface area contributed by atoms with E-state index in [0.717, 1.165) is 5.69 Å². The Balaban J connectivity index is 2.83. The zero-order chi connectivity index (χ0) is 15.3. The second-order valence-electron chi connectivity index (χ2n) is 4.70. The maximum absolute atomic E-state index is 12.0. The highest BCUT2D eigenvalue weighted by Crippen LogP contribution is 2.13. The minimum Gasteiger partial charge on any atom is -0.381 e. The van der Waals surface area contributed by atoms with Gasteiger partial charge in [-0.25, -0.2) is 13.1 Å². The Kier molecular flexibility index (Phi) is 5.52. The van der Waals surface area contributed by atoms with Crippen LogP contribution in [-0.4, -0.2) is 47.4 Å². The molecule has 1 atom stereocenters. The molecular formula is C13H20N2O4S. The van der Waals surface area contributed by atoms with E-state index in [-0.39, 0.29) is 5.75 Å². The summed E-state index contributed by atoms with van der Waals surface area (Å²) >= 11 is 0. The number of benzene rings is 1. The largest absolute Gasteiger partial charge is 0.381 e. The lowest BCUT2D eigenvalue weighted by Gasteiger charge is -2.14. The predicted molar refractivity (Wildman–Crippen MR) is 78.5 cm³/mol. The second kappa shape index (κ2) is 6.71. The summed E-state index contributed by atoms with van der Waals surface area (Å²) in [5, 5.41) is 0. The number of hydrogen-bond acceptors (Lipinski definition) is 5. The Morgan fingerprint density at radius 2 is 2.05 bits per heavy atom. The lowest BCUT2D eigenvalue weighted by atomic mass is 10.2. The van der Waals surface area contributed by atoms with Crippen LogP contribution in [0.1, 0.15) is 17.3 Å². The Hall–Kier alpha value is -1.60. The molecule has 0 unspecified atom stereocenters. The number of nitrogens with zero attached hydrogens (tertiary/aromatic N) is 1. The fourth-order valence-corrected chi connectivity index (χ4v) is 2.78. The lowest BCUT2D eigenvalue weighted by Crippen LogP contribution is -2.36. The van der Waals surface area contributed by atoms with E-state index in [4.69, 9.17) is 4.74 Å². The standard InChI is InChI=1S/C13H20N2O4S/c1-10(19-4)9-20(17,18)14-13(16)11-6-5-7-12(8-11)15(2)3/h5-8,10H,9H2,1-4H3,(H,14,16)/t10-/m0/s1. The third-order valence-corrected chi connectivity index (χ3v) is 4.13. The highest BCUT2D eigenvalue weighted by Gasteiger charge is 2.19. The zero-order valence-electron chi connectivity index (χ0n) is 12.1. The Morgan fingerprint density at radius 3 is 2.60 bits per heavy atom. The first-order valence-corrected chi connectivity index (χ1v) is 7.75. The summed E-state index contributed by atoms with van der Waals surface area (Å²) in [7, 11) is 1.39. The summed E-state index contributed by atoms with van der Waals surface area (Å²) in [5.41, 5.74) is 1.12. The van der Waals surface area contributed by atoms with Crippen LogP contribution in [0.3, 0.4) is 0 Å². The van der Waals surface area contributed by atoms with Gasteiger partial charge >= 0.3 is 0 Å². The van der Waals surface area contributed by atoms with Crippen LogP contribution in [0.25, 0.3) is 0 Å². The topological polar surface area (TPSA) is 75.7 Å². The van der Waals surface area contributed by atoms with Crippen molar-refractivity contribution < 1.29 is 17.9 Å². The van der Waals surface area contributed by atoms with Gasteiger partial charge in [-0.1, -0.05) is 6.07 Å². The number of sulfonamides is 1. The van der Waals surface area contributed by atoms with Crippen molar-refractivity contribution in [3.63, 3.8) is 0 Å². The third-order valence-electron chi connectivity index (χ3n) is 2.73. The molecule has 0 aromatic heterocycles. The van der Waals surface area contributed by atoms with Crippen molar-refractivity contribution in [1.29, 1.82) is 0 Å². The summed E-state index contributed by atoms with van der Waals surface area (Å²) in [6.45, 7) is 1.62. The van der Waals surface area contributed by atoms with E-state index in [0.29, 0.717) is 5.56 Å². The fraction of sp³-hybridized carbons (Fsp3) is 0.462. The van der Waals surface area contributed by atoms with Gasteiger partial charge in [0.1, 0.15) is 0 Å². The van der Waals surface area contributed by atoms with Gasteiger partial charge in [-0.3, -0.25) is 4.79 Å². The van der Waals surface area contributed by atoms with E-state index in [1.54, 1.807) is 25.1 Å². The summed E-state index contributed by atoms with van der Waals surface area (Å²) < 4.78 is 30.5. The highest BCUT2D eigenvalue weighted by atomic mass is 32.2. The maximum Gasteiger partial charge on any atom is 0.264 e. The van der Waals surface area contributed by atoms with Gasteiger partial charge in [-0.05, 0) is 25.1 Å². The maximum atomic E-state index is 12.0.